The third-order valence-corrected chi connectivity index (χ3v) is 3.66. The molecule has 0 aliphatic rings. The van der Waals surface area contributed by atoms with E-state index in [1.54, 1.807) is 23.5 Å². The lowest BCUT2D eigenvalue weighted by molar-refractivity contribution is 0.0699. The lowest BCUT2D eigenvalue weighted by atomic mass is 10.1. The Morgan fingerprint density at radius 3 is 2.80 bits per heavy atom. The zero-order valence-corrected chi connectivity index (χ0v) is 11.3. The fourth-order valence-corrected chi connectivity index (χ4v) is 2.64. The fraction of sp³-hybridized carbons (Fsp3) is 0. The third kappa shape index (κ3) is 2.46. The maximum absolute atomic E-state index is 11.3. The van der Waals surface area contributed by atoms with Crippen molar-refractivity contribution in [1.29, 1.82) is 0 Å². The van der Waals surface area contributed by atoms with Gasteiger partial charge in [-0.3, -0.25) is 0 Å². The maximum atomic E-state index is 11.3. The second-order valence-corrected chi connectivity index (χ2v) is 5.09. The maximum Gasteiger partial charge on any atom is 0.336 e. The van der Waals surface area contributed by atoms with Crippen LogP contribution >= 0.6 is 11.3 Å². The molecule has 20 heavy (non-hydrogen) atoms. The van der Waals surface area contributed by atoms with Gasteiger partial charge in [-0.15, -0.1) is 0 Å². The van der Waals surface area contributed by atoms with E-state index in [1.807, 2.05) is 47.2 Å². The van der Waals surface area contributed by atoms with Gasteiger partial charge in [-0.2, -0.15) is 11.3 Å². The molecule has 0 fully saturated rings. The summed E-state index contributed by atoms with van der Waals surface area (Å²) in [5.41, 5.74) is 2.70. The van der Waals surface area contributed by atoms with Gasteiger partial charge in [0.05, 0.1) is 16.8 Å². The first-order valence-electron chi connectivity index (χ1n) is 6.07. The van der Waals surface area contributed by atoms with Crippen molar-refractivity contribution in [2.75, 3.05) is 0 Å². The van der Waals surface area contributed by atoms with E-state index in [9.17, 15) is 9.90 Å². The monoisotopic (exact) mass is 281 g/mol. The molecule has 98 valence electrons. The molecule has 4 heteroatoms. The van der Waals surface area contributed by atoms with Crippen LogP contribution in [-0.2, 0) is 0 Å². The lowest BCUT2D eigenvalue weighted by Gasteiger charge is -2.03. The van der Waals surface area contributed by atoms with Crippen LogP contribution in [-0.4, -0.2) is 16.1 Å². The van der Waals surface area contributed by atoms with Crippen molar-refractivity contribution in [2.24, 2.45) is 0 Å². The Balaban J connectivity index is 2.10. The van der Waals surface area contributed by atoms with Gasteiger partial charge < -0.3 is 5.11 Å². The van der Waals surface area contributed by atoms with Crippen LogP contribution in [0.3, 0.4) is 0 Å². The average molecular weight is 281 g/mol. The van der Waals surface area contributed by atoms with Gasteiger partial charge in [0, 0.05) is 5.39 Å². The Labute approximate surface area is 119 Å². The number of nitrogens with zero attached hydrogens (tertiary/aromatic N) is 1. The summed E-state index contributed by atoms with van der Waals surface area (Å²) in [7, 11) is 0. The molecule has 3 rings (SSSR count). The number of rotatable bonds is 3. The van der Waals surface area contributed by atoms with Gasteiger partial charge in [-0.05, 0) is 40.6 Å². The second-order valence-electron chi connectivity index (χ2n) is 4.31. The van der Waals surface area contributed by atoms with Crippen LogP contribution < -0.4 is 0 Å². The summed E-state index contributed by atoms with van der Waals surface area (Å²) in [6, 6.07) is 10.9. The number of aromatic nitrogens is 1. The van der Waals surface area contributed by atoms with Crippen LogP contribution in [0.5, 0.6) is 0 Å². The number of hydrogen-bond acceptors (Lipinski definition) is 3. The van der Waals surface area contributed by atoms with Gasteiger partial charge in [0.1, 0.15) is 0 Å². The van der Waals surface area contributed by atoms with Crippen molar-refractivity contribution in [3.05, 3.63) is 64.0 Å². The van der Waals surface area contributed by atoms with Gasteiger partial charge in [-0.25, -0.2) is 9.78 Å². The van der Waals surface area contributed by atoms with Crippen molar-refractivity contribution in [1.82, 2.24) is 4.98 Å². The molecule has 0 aliphatic carbocycles. The molecule has 0 aliphatic heterocycles. The van der Waals surface area contributed by atoms with E-state index < -0.39 is 5.97 Å². The van der Waals surface area contributed by atoms with Crippen molar-refractivity contribution in [3.8, 4) is 0 Å². The number of benzene rings is 1. The predicted molar refractivity (Wildman–Crippen MR) is 81.9 cm³/mol. The zero-order valence-electron chi connectivity index (χ0n) is 10.5. The standard InChI is InChI=1S/C16H11NO2S/c18-16(19)14-9-12(6-5-11-7-8-20-10-11)17-15-4-2-1-3-13(14)15/h1-10H,(H,18,19)/b6-5+. The average Bonchev–Trinajstić information content (AvgIpc) is 2.97. The molecule has 0 bridgehead atoms. The highest BCUT2D eigenvalue weighted by atomic mass is 32.1. The smallest absolute Gasteiger partial charge is 0.336 e. The summed E-state index contributed by atoms with van der Waals surface area (Å²) in [4.78, 5) is 15.8. The molecule has 1 N–H and O–H groups in total. The first-order chi connectivity index (χ1) is 9.74. The highest BCUT2D eigenvalue weighted by molar-refractivity contribution is 7.08. The molecule has 0 amide bonds. The third-order valence-electron chi connectivity index (χ3n) is 2.96. The Hall–Kier alpha value is -2.46. The number of fused-ring (bicyclic) bond motifs is 1. The number of thiophene rings is 1. The summed E-state index contributed by atoms with van der Waals surface area (Å²) in [5, 5.41) is 14.0. The first-order valence-corrected chi connectivity index (χ1v) is 7.02. The minimum atomic E-state index is -0.936. The second kappa shape index (κ2) is 5.27. The van der Waals surface area contributed by atoms with Crippen LogP contribution in [0.25, 0.3) is 23.1 Å². The number of para-hydroxylation sites is 1. The molecule has 0 spiro atoms. The van der Waals surface area contributed by atoms with Crippen LogP contribution in [0.4, 0.5) is 0 Å². The summed E-state index contributed by atoms with van der Waals surface area (Å²) in [6.45, 7) is 0. The number of aromatic carboxylic acids is 1. The molecule has 3 aromatic rings. The van der Waals surface area contributed by atoms with E-state index in [1.165, 1.54) is 0 Å². The Morgan fingerprint density at radius 2 is 2.05 bits per heavy atom. The molecule has 1 aromatic carbocycles. The molecule has 2 aromatic heterocycles. The van der Waals surface area contributed by atoms with Crippen molar-refractivity contribution >= 4 is 40.4 Å². The Kier molecular flexibility index (Phi) is 3.31. The summed E-state index contributed by atoms with van der Waals surface area (Å²) in [6.07, 6.45) is 3.76. The molecule has 0 unspecified atom stereocenters. The minimum Gasteiger partial charge on any atom is -0.478 e. The van der Waals surface area contributed by atoms with Gasteiger partial charge in [0.15, 0.2) is 0 Å². The van der Waals surface area contributed by atoms with Crippen molar-refractivity contribution in [2.45, 2.75) is 0 Å². The number of hydrogen-bond donors (Lipinski definition) is 1. The summed E-state index contributed by atoms with van der Waals surface area (Å²) < 4.78 is 0. The molecule has 3 nitrogen and oxygen atoms in total. The normalized spacial score (nSPS) is 11.2. The van der Waals surface area contributed by atoms with Crippen LogP contribution in [0, 0.1) is 0 Å². The quantitative estimate of drug-likeness (QED) is 0.784. The summed E-state index contributed by atoms with van der Waals surface area (Å²) in [5.74, 6) is -0.936. The number of carboxylic acids is 1. The number of carboxylic acid groups (broad SMARTS) is 1. The molecule has 0 atom stereocenters. The lowest BCUT2D eigenvalue weighted by Crippen LogP contribution is -1.99. The topological polar surface area (TPSA) is 50.2 Å². The van der Waals surface area contributed by atoms with Gasteiger partial charge >= 0.3 is 5.97 Å². The predicted octanol–water partition coefficient (Wildman–Crippen LogP) is 4.16. The molecule has 0 radical (unpaired) electrons. The zero-order chi connectivity index (χ0) is 13.9. The fourth-order valence-electron chi connectivity index (χ4n) is 2.01. The summed E-state index contributed by atoms with van der Waals surface area (Å²) >= 11 is 1.62. The Morgan fingerprint density at radius 1 is 1.20 bits per heavy atom. The minimum absolute atomic E-state index is 0.278. The first kappa shape index (κ1) is 12.6. The number of carbonyl (C=O) groups is 1. The van der Waals surface area contributed by atoms with Crippen LogP contribution in [0.1, 0.15) is 21.6 Å². The van der Waals surface area contributed by atoms with Crippen LogP contribution in [0.15, 0.2) is 47.2 Å². The van der Waals surface area contributed by atoms with Crippen LogP contribution in [0.2, 0.25) is 0 Å². The molecule has 2 heterocycles. The van der Waals surface area contributed by atoms with Gasteiger partial charge in [0.2, 0.25) is 0 Å². The van der Waals surface area contributed by atoms with E-state index in [2.05, 4.69) is 4.98 Å². The largest absolute Gasteiger partial charge is 0.478 e. The SMILES string of the molecule is O=C(O)c1cc(/C=C/c2ccsc2)nc2ccccc12. The molecular formula is C16H11NO2S. The number of pyridine rings is 1. The highest BCUT2D eigenvalue weighted by Crippen LogP contribution is 2.20. The molecular weight excluding hydrogens is 270 g/mol. The van der Waals surface area contributed by atoms with E-state index in [-0.39, 0.29) is 5.56 Å². The molecule has 0 saturated heterocycles. The van der Waals surface area contributed by atoms with Crippen molar-refractivity contribution in [3.63, 3.8) is 0 Å². The van der Waals surface area contributed by atoms with Crippen molar-refractivity contribution < 1.29 is 9.90 Å². The van der Waals surface area contributed by atoms with E-state index in [4.69, 9.17) is 0 Å². The molecule has 0 saturated carbocycles. The van der Waals surface area contributed by atoms with E-state index >= 15 is 0 Å². The Bertz CT molecular complexity index is 791. The van der Waals surface area contributed by atoms with E-state index in [0.29, 0.717) is 16.6 Å². The van der Waals surface area contributed by atoms with Gasteiger partial charge in [-0.1, -0.05) is 24.3 Å². The van der Waals surface area contributed by atoms with Gasteiger partial charge in [0.25, 0.3) is 0 Å². The highest BCUT2D eigenvalue weighted by Gasteiger charge is 2.10. The van der Waals surface area contributed by atoms with E-state index in [0.717, 1.165) is 5.56 Å².